The van der Waals surface area contributed by atoms with Gasteiger partial charge in [-0.2, -0.15) is 0 Å². The summed E-state index contributed by atoms with van der Waals surface area (Å²) in [5.74, 6) is 1.20. The summed E-state index contributed by atoms with van der Waals surface area (Å²) in [7, 11) is 0. The molecule has 2 aromatic carbocycles. The number of rotatable bonds is 3. The molecule has 21 heavy (non-hydrogen) atoms. The monoisotopic (exact) mass is 362 g/mol. The Hall–Kier alpha value is -1.62. The van der Waals surface area contributed by atoms with Crippen LogP contribution in [0.15, 0.2) is 53.0 Å². The summed E-state index contributed by atoms with van der Waals surface area (Å²) >= 11 is 9.39. The molecule has 0 saturated heterocycles. The number of ether oxygens (including phenoxy) is 1. The fourth-order valence-corrected chi connectivity index (χ4v) is 2.83. The van der Waals surface area contributed by atoms with E-state index in [4.69, 9.17) is 22.1 Å². The fraction of sp³-hybridized carbons (Fsp3) is 0.0625. The number of nitrogens with zero attached hydrogens (tertiary/aromatic N) is 1. The van der Waals surface area contributed by atoms with Gasteiger partial charge in [-0.25, -0.2) is 4.98 Å². The number of hydrogen-bond acceptors (Lipinski definition) is 3. The lowest BCUT2D eigenvalue weighted by molar-refractivity contribution is 0.464. The Labute approximate surface area is 135 Å². The van der Waals surface area contributed by atoms with Crippen molar-refractivity contribution in [2.24, 2.45) is 5.73 Å². The van der Waals surface area contributed by atoms with Gasteiger partial charge in [-0.15, -0.1) is 0 Å². The van der Waals surface area contributed by atoms with Gasteiger partial charge in [0.05, 0.1) is 10.2 Å². The lowest BCUT2D eigenvalue weighted by Crippen LogP contribution is -2.01. The third-order valence-corrected chi connectivity index (χ3v) is 3.92. The van der Waals surface area contributed by atoms with Crippen molar-refractivity contribution in [3.05, 3.63) is 63.7 Å². The number of pyridine rings is 1. The molecular formula is C16H12BrClN2O. The molecule has 0 unspecified atom stereocenters. The number of hydrogen-bond donors (Lipinski definition) is 1. The van der Waals surface area contributed by atoms with Gasteiger partial charge in [0.25, 0.3) is 0 Å². The molecule has 1 heterocycles. The van der Waals surface area contributed by atoms with Gasteiger partial charge in [0.2, 0.25) is 5.88 Å². The lowest BCUT2D eigenvalue weighted by atomic mass is 10.1. The molecule has 0 aliphatic heterocycles. The first kappa shape index (κ1) is 14.3. The third kappa shape index (κ3) is 3.02. The molecular weight excluding hydrogens is 352 g/mol. The molecule has 0 saturated carbocycles. The molecule has 0 amide bonds. The summed E-state index contributed by atoms with van der Waals surface area (Å²) < 4.78 is 6.72. The van der Waals surface area contributed by atoms with Crippen LogP contribution in [0.1, 0.15) is 5.69 Å². The second kappa shape index (κ2) is 6.02. The van der Waals surface area contributed by atoms with Crippen LogP contribution >= 0.6 is 27.5 Å². The van der Waals surface area contributed by atoms with Crippen molar-refractivity contribution in [2.45, 2.75) is 6.54 Å². The Morgan fingerprint density at radius 1 is 1.14 bits per heavy atom. The van der Waals surface area contributed by atoms with Crippen molar-refractivity contribution in [3.63, 3.8) is 0 Å². The fourth-order valence-electron chi connectivity index (χ4n) is 2.06. The number of fused-ring (bicyclic) bond motifs is 1. The number of benzene rings is 2. The van der Waals surface area contributed by atoms with E-state index in [-0.39, 0.29) is 0 Å². The van der Waals surface area contributed by atoms with Crippen LogP contribution in [0, 0.1) is 0 Å². The molecule has 0 spiro atoms. The van der Waals surface area contributed by atoms with E-state index in [1.807, 2.05) is 30.3 Å². The molecule has 0 radical (unpaired) electrons. The van der Waals surface area contributed by atoms with E-state index >= 15 is 0 Å². The summed E-state index contributed by atoms with van der Waals surface area (Å²) in [4.78, 5) is 4.48. The van der Waals surface area contributed by atoms with E-state index in [1.54, 1.807) is 18.2 Å². The van der Waals surface area contributed by atoms with Crippen LogP contribution in [0.5, 0.6) is 11.6 Å². The second-order valence-electron chi connectivity index (χ2n) is 4.52. The van der Waals surface area contributed by atoms with Crippen molar-refractivity contribution in [3.8, 4) is 11.6 Å². The topological polar surface area (TPSA) is 48.1 Å². The SMILES string of the molecule is NCc1cc2ccccc2c(Oc2ccc(Cl)cc2Br)n1. The van der Waals surface area contributed by atoms with Crippen LogP contribution in [-0.2, 0) is 6.54 Å². The maximum atomic E-state index is 5.95. The van der Waals surface area contributed by atoms with Gasteiger partial charge in [-0.05, 0) is 51.6 Å². The maximum Gasteiger partial charge on any atom is 0.227 e. The van der Waals surface area contributed by atoms with Gasteiger partial charge in [0.15, 0.2) is 0 Å². The zero-order chi connectivity index (χ0) is 14.8. The van der Waals surface area contributed by atoms with Crippen LogP contribution < -0.4 is 10.5 Å². The molecule has 0 bridgehead atoms. The van der Waals surface area contributed by atoms with E-state index < -0.39 is 0 Å². The van der Waals surface area contributed by atoms with Crippen LogP contribution in [0.2, 0.25) is 5.02 Å². The Kier molecular flexibility index (Phi) is 4.10. The largest absolute Gasteiger partial charge is 0.437 e. The smallest absolute Gasteiger partial charge is 0.227 e. The zero-order valence-electron chi connectivity index (χ0n) is 11.0. The average molecular weight is 364 g/mol. The predicted octanol–water partition coefficient (Wildman–Crippen LogP) is 4.90. The van der Waals surface area contributed by atoms with E-state index in [1.165, 1.54) is 0 Å². The summed E-state index contributed by atoms with van der Waals surface area (Å²) in [5, 5.41) is 2.63. The van der Waals surface area contributed by atoms with Crippen molar-refractivity contribution in [1.82, 2.24) is 4.98 Å². The van der Waals surface area contributed by atoms with Crippen molar-refractivity contribution < 1.29 is 4.74 Å². The van der Waals surface area contributed by atoms with Gasteiger partial charge in [0.1, 0.15) is 5.75 Å². The first-order valence-corrected chi connectivity index (χ1v) is 7.56. The summed E-state index contributed by atoms with van der Waals surface area (Å²) in [6.45, 7) is 0.364. The highest BCUT2D eigenvalue weighted by Gasteiger charge is 2.10. The summed E-state index contributed by atoms with van der Waals surface area (Å²) in [6.07, 6.45) is 0. The zero-order valence-corrected chi connectivity index (χ0v) is 13.4. The molecule has 106 valence electrons. The molecule has 0 fully saturated rings. The predicted molar refractivity (Wildman–Crippen MR) is 88.9 cm³/mol. The minimum atomic E-state index is 0.364. The Morgan fingerprint density at radius 3 is 2.71 bits per heavy atom. The molecule has 5 heteroatoms. The number of halogens is 2. The highest BCUT2D eigenvalue weighted by molar-refractivity contribution is 9.10. The normalized spacial score (nSPS) is 10.8. The van der Waals surface area contributed by atoms with E-state index in [0.29, 0.717) is 23.2 Å². The quantitative estimate of drug-likeness (QED) is 0.720. The van der Waals surface area contributed by atoms with E-state index in [0.717, 1.165) is 20.9 Å². The van der Waals surface area contributed by atoms with Crippen LogP contribution in [-0.4, -0.2) is 4.98 Å². The Balaban J connectivity index is 2.10. The van der Waals surface area contributed by atoms with Gasteiger partial charge < -0.3 is 10.5 Å². The Morgan fingerprint density at radius 2 is 1.95 bits per heavy atom. The first-order chi connectivity index (χ1) is 10.2. The van der Waals surface area contributed by atoms with Gasteiger partial charge >= 0.3 is 0 Å². The van der Waals surface area contributed by atoms with Crippen molar-refractivity contribution in [2.75, 3.05) is 0 Å². The molecule has 3 rings (SSSR count). The molecule has 0 aliphatic carbocycles. The maximum absolute atomic E-state index is 5.95. The average Bonchev–Trinajstić information content (AvgIpc) is 2.49. The second-order valence-corrected chi connectivity index (χ2v) is 5.81. The van der Waals surface area contributed by atoms with E-state index in [2.05, 4.69) is 20.9 Å². The van der Waals surface area contributed by atoms with Crippen molar-refractivity contribution >= 4 is 38.3 Å². The van der Waals surface area contributed by atoms with Crippen LogP contribution in [0.4, 0.5) is 0 Å². The highest BCUT2D eigenvalue weighted by atomic mass is 79.9. The summed E-state index contributed by atoms with van der Waals surface area (Å²) in [5.41, 5.74) is 6.49. The first-order valence-electron chi connectivity index (χ1n) is 6.39. The Bertz CT molecular complexity index is 807. The van der Waals surface area contributed by atoms with Gasteiger partial charge in [-0.1, -0.05) is 29.8 Å². The van der Waals surface area contributed by atoms with Crippen molar-refractivity contribution in [1.29, 1.82) is 0 Å². The van der Waals surface area contributed by atoms with E-state index in [9.17, 15) is 0 Å². The molecule has 3 aromatic rings. The standard InChI is InChI=1S/C16H12BrClN2O/c17-14-8-11(18)5-6-15(14)21-16-13-4-2-1-3-10(13)7-12(9-19)20-16/h1-8H,9,19H2. The van der Waals surface area contributed by atoms with Gasteiger partial charge in [0, 0.05) is 17.0 Å². The minimum Gasteiger partial charge on any atom is -0.437 e. The van der Waals surface area contributed by atoms with Crippen LogP contribution in [0.25, 0.3) is 10.8 Å². The molecule has 0 atom stereocenters. The van der Waals surface area contributed by atoms with Gasteiger partial charge in [-0.3, -0.25) is 0 Å². The van der Waals surface area contributed by atoms with Crippen LogP contribution in [0.3, 0.4) is 0 Å². The number of nitrogens with two attached hydrogens (primary N) is 1. The molecule has 1 aromatic heterocycles. The minimum absolute atomic E-state index is 0.364. The third-order valence-electron chi connectivity index (χ3n) is 3.07. The molecule has 3 nitrogen and oxygen atoms in total. The lowest BCUT2D eigenvalue weighted by Gasteiger charge is -2.11. The number of aromatic nitrogens is 1. The molecule has 2 N–H and O–H groups in total. The highest BCUT2D eigenvalue weighted by Crippen LogP contribution is 2.34. The summed E-state index contributed by atoms with van der Waals surface area (Å²) in [6, 6.07) is 15.3. The molecule has 0 aliphatic rings.